The summed E-state index contributed by atoms with van der Waals surface area (Å²) in [6, 6.07) is 0. The summed E-state index contributed by atoms with van der Waals surface area (Å²) in [7, 11) is 0. The fraction of sp³-hybridized carbons (Fsp3) is 0.700. The lowest BCUT2D eigenvalue weighted by Crippen LogP contribution is -2.48. The fourth-order valence-corrected chi connectivity index (χ4v) is 1.44. The van der Waals surface area contributed by atoms with Crippen LogP contribution in [-0.2, 0) is 9.53 Å². The first-order chi connectivity index (χ1) is 7.26. The summed E-state index contributed by atoms with van der Waals surface area (Å²) in [6.07, 6.45) is 4.84. The molecule has 15 heavy (non-hydrogen) atoms. The van der Waals surface area contributed by atoms with Gasteiger partial charge in [0.1, 0.15) is 0 Å². The second kappa shape index (κ2) is 6.40. The van der Waals surface area contributed by atoms with Gasteiger partial charge in [-0.05, 0) is 0 Å². The van der Waals surface area contributed by atoms with Crippen molar-refractivity contribution in [2.24, 2.45) is 0 Å². The maximum Gasteiger partial charge on any atom is 0.234 e. The number of hydrogen-bond donors (Lipinski definition) is 2. The van der Waals surface area contributed by atoms with Gasteiger partial charge in [0.25, 0.3) is 0 Å². The number of nitrogens with zero attached hydrogens (tertiary/aromatic N) is 1. The molecule has 5 heteroatoms. The molecule has 1 unspecified atom stereocenters. The van der Waals surface area contributed by atoms with Gasteiger partial charge in [-0.1, -0.05) is 5.92 Å². The van der Waals surface area contributed by atoms with E-state index in [0.717, 1.165) is 0 Å². The number of carbonyl (C=O) groups excluding carboxylic acids is 1. The molecule has 0 aromatic heterocycles. The first kappa shape index (κ1) is 12.0. The van der Waals surface area contributed by atoms with Crippen molar-refractivity contribution in [3.63, 3.8) is 0 Å². The van der Waals surface area contributed by atoms with Crippen LogP contribution >= 0.6 is 0 Å². The highest BCUT2D eigenvalue weighted by molar-refractivity contribution is 5.78. The molecule has 1 aliphatic rings. The first-order valence-corrected chi connectivity index (χ1v) is 4.91. The Bertz CT molecular complexity index is 250. The van der Waals surface area contributed by atoms with Gasteiger partial charge < -0.3 is 15.2 Å². The summed E-state index contributed by atoms with van der Waals surface area (Å²) in [5, 5.41) is 11.5. The third kappa shape index (κ3) is 4.30. The molecule has 0 aromatic carbocycles. The quantitative estimate of drug-likeness (QED) is 0.553. The van der Waals surface area contributed by atoms with Crippen molar-refractivity contribution in [2.45, 2.75) is 6.10 Å². The number of aliphatic hydroxyl groups excluding tert-OH is 1. The lowest BCUT2D eigenvalue weighted by atomic mass is 10.3. The number of carbonyl (C=O) groups is 1. The first-order valence-electron chi connectivity index (χ1n) is 4.91. The summed E-state index contributed by atoms with van der Waals surface area (Å²) in [5.74, 6) is 2.25. The van der Waals surface area contributed by atoms with Crippen LogP contribution in [0, 0.1) is 12.3 Å². The normalized spacial score (nSPS) is 22.0. The SMILES string of the molecule is C#CCNC(=O)CN1CCOC(CO)C1. The number of aliphatic hydroxyl groups is 1. The van der Waals surface area contributed by atoms with Crippen LogP contribution in [-0.4, -0.2) is 61.4 Å². The Morgan fingerprint density at radius 1 is 1.73 bits per heavy atom. The Labute approximate surface area is 89.4 Å². The topological polar surface area (TPSA) is 61.8 Å². The molecule has 1 aliphatic heterocycles. The van der Waals surface area contributed by atoms with E-state index in [1.807, 2.05) is 4.90 Å². The van der Waals surface area contributed by atoms with Crippen LogP contribution in [0.1, 0.15) is 0 Å². The van der Waals surface area contributed by atoms with Crippen molar-refractivity contribution >= 4 is 5.91 Å². The summed E-state index contributed by atoms with van der Waals surface area (Å²) in [4.78, 5) is 13.3. The van der Waals surface area contributed by atoms with E-state index in [0.29, 0.717) is 26.2 Å². The molecule has 2 N–H and O–H groups in total. The van der Waals surface area contributed by atoms with Crippen LogP contribution in [0.3, 0.4) is 0 Å². The summed E-state index contributed by atoms with van der Waals surface area (Å²) < 4.78 is 5.26. The third-order valence-electron chi connectivity index (χ3n) is 2.18. The second-order valence-corrected chi connectivity index (χ2v) is 3.39. The van der Waals surface area contributed by atoms with Crippen LogP contribution in [0.5, 0.6) is 0 Å². The Hall–Kier alpha value is -1.09. The molecular formula is C10H16N2O3. The zero-order chi connectivity index (χ0) is 11.1. The minimum Gasteiger partial charge on any atom is -0.394 e. The predicted molar refractivity (Wildman–Crippen MR) is 55.1 cm³/mol. The summed E-state index contributed by atoms with van der Waals surface area (Å²) in [6.45, 7) is 2.39. The lowest BCUT2D eigenvalue weighted by Gasteiger charge is -2.31. The average molecular weight is 212 g/mol. The largest absolute Gasteiger partial charge is 0.394 e. The van der Waals surface area contributed by atoms with Crippen LogP contribution in [0.15, 0.2) is 0 Å². The van der Waals surface area contributed by atoms with Gasteiger partial charge in [-0.15, -0.1) is 6.42 Å². The zero-order valence-corrected chi connectivity index (χ0v) is 8.61. The van der Waals surface area contributed by atoms with Crippen LogP contribution < -0.4 is 5.32 Å². The minimum atomic E-state index is -0.181. The molecule has 0 radical (unpaired) electrons. The van der Waals surface area contributed by atoms with Gasteiger partial charge in [0.15, 0.2) is 0 Å². The van der Waals surface area contributed by atoms with Crippen molar-refractivity contribution in [1.29, 1.82) is 0 Å². The Balaban J connectivity index is 2.25. The molecule has 0 spiro atoms. The van der Waals surface area contributed by atoms with E-state index < -0.39 is 0 Å². The maximum atomic E-state index is 11.3. The van der Waals surface area contributed by atoms with Gasteiger partial charge in [-0.25, -0.2) is 0 Å². The predicted octanol–water partition coefficient (Wildman–Crippen LogP) is -1.57. The van der Waals surface area contributed by atoms with E-state index in [4.69, 9.17) is 16.3 Å². The van der Waals surface area contributed by atoms with Gasteiger partial charge in [0.2, 0.25) is 5.91 Å². The van der Waals surface area contributed by atoms with E-state index >= 15 is 0 Å². The van der Waals surface area contributed by atoms with E-state index in [1.165, 1.54) is 0 Å². The monoisotopic (exact) mass is 212 g/mol. The molecule has 1 heterocycles. The molecule has 1 amide bonds. The van der Waals surface area contributed by atoms with Gasteiger partial charge in [-0.3, -0.25) is 9.69 Å². The number of rotatable bonds is 4. The Morgan fingerprint density at radius 2 is 2.53 bits per heavy atom. The Morgan fingerprint density at radius 3 is 3.20 bits per heavy atom. The highest BCUT2D eigenvalue weighted by Gasteiger charge is 2.20. The second-order valence-electron chi connectivity index (χ2n) is 3.39. The van der Waals surface area contributed by atoms with Crippen molar-refractivity contribution in [3.8, 4) is 12.3 Å². The zero-order valence-electron chi connectivity index (χ0n) is 8.61. The smallest absolute Gasteiger partial charge is 0.234 e. The van der Waals surface area contributed by atoms with E-state index in [1.54, 1.807) is 0 Å². The highest BCUT2D eigenvalue weighted by Crippen LogP contribution is 2.03. The van der Waals surface area contributed by atoms with Crippen LogP contribution in [0.2, 0.25) is 0 Å². The number of amides is 1. The van der Waals surface area contributed by atoms with Gasteiger partial charge in [0, 0.05) is 13.1 Å². The van der Waals surface area contributed by atoms with Gasteiger partial charge in [0.05, 0.1) is 32.4 Å². The molecular weight excluding hydrogens is 196 g/mol. The number of nitrogens with one attached hydrogen (secondary N) is 1. The summed E-state index contributed by atoms with van der Waals surface area (Å²) >= 11 is 0. The number of ether oxygens (including phenoxy) is 1. The molecule has 0 saturated carbocycles. The molecule has 1 fully saturated rings. The van der Waals surface area contributed by atoms with Crippen molar-refractivity contribution < 1.29 is 14.6 Å². The van der Waals surface area contributed by atoms with Crippen LogP contribution in [0.4, 0.5) is 0 Å². The standard InChI is InChI=1S/C10H16N2O3/c1-2-3-11-10(14)7-12-4-5-15-9(6-12)8-13/h1,9,13H,3-8H2,(H,11,14). The van der Waals surface area contributed by atoms with Gasteiger partial charge >= 0.3 is 0 Å². The molecule has 0 aliphatic carbocycles. The van der Waals surface area contributed by atoms with E-state index in [-0.39, 0.29) is 25.2 Å². The fourth-order valence-electron chi connectivity index (χ4n) is 1.44. The molecule has 1 saturated heterocycles. The van der Waals surface area contributed by atoms with E-state index in [2.05, 4.69) is 11.2 Å². The molecule has 1 atom stereocenters. The molecule has 0 bridgehead atoms. The number of terminal acetylenes is 1. The molecule has 0 aromatic rings. The van der Waals surface area contributed by atoms with Crippen LogP contribution in [0.25, 0.3) is 0 Å². The Kier molecular flexibility index (Phi) is 5.12. The lowest BCUT2D eigenvalue weighted by molar-refractivity contribution is -0.124. The molecule has 1 rings (SSSR count). The highest BCUT2D eigenvalue weighted by atomic mass is 16.5. The van der Waals surface area contributed by atoms with Crippen molar-refractivity contribution in [1.82, 2.24) is 10.2 Å². The number of morpholine rings is 1. The van der Waals surface area contributed by atoms with Crippen molar-refractivity contribution in [2.75, 3.05) is 39.4 Å². The summed E-state index contributed by atoms with van der Waals surface area (Å²) in [5.41, 5.74) is 0. The van der Waals surface area contributed by atoms with Crippen molar-refractivity contribution in [3.05, 3.63) is 0 Å². The van der Waals surface area contributed by atoms with E-state index in [9.17, 15) is 4.79 Å². The molecule has 84 valence electrons. The number of hydrogen-bond acceptors (Lipinski definition) is 4. The third-order valence-corrected chi connectivity index (χ3v) is 2.18. The maximum absolute atomic E-state index is 11.3. The van der Waals surface area contributed by atoms with Gasteiger partial charge in [-0.2, -0.15) is 0 Å². The minimum absolute atomic E-state index is 0.0114. The average Bonchev–Trinajstić information content (AvgIpc) is 2.26. The molecule has 5 nitrogen and oxygen atoms in total.